The van der Waals surface area contributed by atoms with E-state index in [1.807, 2.05) is 19.1 Å². The van der Waals surface area contributed by atoms with Crippen molar-refractivity contribution >= 4 is 10.9 Å². The van der Waals surface area contributed by atoms with Gasteiger partial charge in [0.2, 0.25) is 0 Å². The first-order chi connectivity index (χ1) is 12.1. The first-order valence-electron chi connectivity index (χ1n) is 8.97. The standard InChI is InChI=1S/C21H25N3O.CH4/c1-21(25,16-6-5-11-22-14-16)15-24-19-8-4-3-7-17(19)18-9-12-23(2)13-10-20(18)24;/h3-8,11,14,25H,9-10,12-13,15H2,1-2H3;1H4. The molecular weight excluding hydrogens is 322 g/mol. The second-order valence-corrected chi connectivity index (χ2v) is 7.35. The lowest BCUT2D eigenvalue weighted by molar-refractivity contribution is 0.0384. The van der Waals surface area contributed by atoms with Crippen LogP contribution >= 0.6 is 0 Å². The molecule has 0 aliphatic carbocycles. The van der Waals surface area contributed by atoms with Crippen molar-refractivity contribution in [1.29, 1.82) is 0 Å². The van der Waals surface area contributed by atoms with Gasteiger partial charge in [-0.2, -0.15) is 0 Å². The van der Waals surface area contributed by atoms with Crippen LogP contribution in [0.4, 0.5) is 0 Å². The van der Waals surface area contributed by atoms with Crippen molar-refractivity contribution in [2.24, 2.45) is 0 Å². The van der Waals surface area contributed by atoms with Crippen molar-refractivity contribution in [3.05, 3.63) is 65.6 Å². The highest BCUT2D eigenvalue weighted by molar-refractivity contribution is 5.85. The van der Waals surface area contributed by atoms with Crippen molar-refractivity contribution in [2.75, 3.05) is 20.1 Å². The number of pyridine rings is 1. The predicted molar refractivity (Wildman–Crippen MR) is 107 cm³/mol. The summed E-state index contributed by atoms with van der Waals surface area (Å²) in [6.45, 7) is 4.56. The highest BCUT2D eigenvalue weighted by Crippen LogP contribution is 2.32. The molecule has 4 rings (SSSR count). The molecule has 0 saturated heterocycles. The Morgan fingerprint density at radius 1 is 1.12 bits per heavy atom. The first kappa shape index (κ1) is 18.6. The topological polar surface area (TPSA) is 41.3 Å². The Morgan fingerprint density at radius 2 is 1.88 bits per heavy atom. The molecule has 138 valence electrons. The zero-order valence-electron chi connectivity index (χ0n) is 14.9. The summed E-state index contributed by atoms with van der Waals surface area (Å²) in [6, 6.07) is 12.4. The van der Waals surface area contributed by atoms with Gasteiger partial charge < -0.3 is 14.6 Å². The molecule has 1 aliphatic rings. The van der Waals surface area contributed by atoms with Crippen LogP contribution in [0.3, 0.4) is 0 Å². The van der Waals surface area contributed by atoms with Crippen molar-refractivity contribution < 1.29 is 5.11 Å². The minimum Gasteiger partial charge on any atom is -0.384 e. The maximum atomic E-state index is 11.2. The molecule has 0 radical (unpaired) electrons. The lowest BCUT2D eigenvalue weighted by atomic mass is 9.97. The minimum atomic E-state index is -0.956. The van der Waals surface area contributed by atoms with Crippen LogP contribution in [-0.4, -0.2) is 39.7 Å². The number of rotatable bonds is 3. The smallest absolute Gasteiger partial charge is 0.106 e. The Morgan fingerprint density at radius 3 is 2.65 bits per heavy atom. The number of nitrogens with zero attached hydrogens (tertiary/aromatic N) is 3. The summed E-state index contributed by atoms with van der Waals surface area (Å²) in [5.74, 6) is 0. The zero-order valence-corrected chi connectivity index (χ0v) is 14.9. The van der Waals surface area contributed by atoms with Crippen molar-refractivity contribution in [1.82, 2.24) is 14.5 Å². The molecule has 4 nitrogen and oxygen atoms in total. The molecule has 3 heterocycles. The van der Waals surface area contributed by atoms with Crippen molar-refractivity contribution in [3.8, 4) is 0 Å². The average Bonchev–Trinajstić information content (AvgIpc) is 2.77. The molecule has 0 fully saturated rings. The van der Waals surface area contributed by atoms with Crippen molar-refractivity contribution in [2.45, 2.75) is 39.3 Å². The number of benzene rings is 1. The van der Waals surface area contributed by atoms with Crippen LogP contribution in [0.5, 0.6) is 0 Å². The fourth-order valence-corrected chi connectivity index (χ4v) is 3.97. The van der Waals surface area contributed by atoms with Crippen LogP contribution in [0.1, 0.15) is 31.2 Å². The maximum absolute atomic E-state index is 11.2. The maximum Gasteiger partial charge on any atom is 0.106 e. The van der Waals surface area contributed by atoms with E-state index < -0.39 is 5.60 Å². The molecule has 1 unspecified atom stereocenters. The Kier molecular flexibility index (Phi) is 5.17. The first-order valence-corrected chi connectivity index (χ1v) is 8.97. The van der Waals surface area contributed by atoms with Crippen molar-refractivity contribution in [3.63, 3.8) is 0 Å². The van der Waals surface area contributed by atoms with Gasteiger partial charge in [-0.1, -0.05) is 31.7 Å². The molecule has 0 saturated carbocycles. The fourth-order valence-electron chi connectivity index (χ4n) is 3.97. The van der Waals surface area contributed by atoms with Gasteiger partial charge in [-0.15, -0.1) is 0 Å². The summed E-state index contributed by atoms with van der Waals surface area (Å²) in [7, 11) is 2.18. The van der Waals surface area contributed by atoms with Crippen LogP contribution in [0, 0.1) is 0 Å². The summed E-state index contributed by atoms with van der Waals surface area (Å²) < 4.78 is 2.33. The Balaban J connectivity index is 0.00000196. The van der Waals surface area contributed by atoms with Gasteiger partial charge in [0.25, 0.3) is 0 Å². The van der Waals surface area contributed by atoms with E-state index in [-0.39, 0.29) is 7.43 Å². The fraction of sp³-hybridized carbons (Fsp3) is 0.409. The van der Waals surface area contributed by atoms with Gasteiger partial charge in [-0.25, -0.2) is 0 Å². The molecule has 0 bridgehead atoms. The largest absolute Gasteiger partial charge is 0.384 e. The molecule has 2 aromatic heterocycles. The molecule has 1 N–H and O–H groups in total. The normalized spacial score (nSPS) is 17.2. The predicted octanol–water partition coefficient (Wildman–Crippen LogP) is 3.61. The van der Waals surface area contributed by atoms with E-state index in [0.29, 0.717) is 6.54 Å². The number of likely N-dealkylation sites (N-methyl/N-ethyl adjacent to an activating group) is 1. The SMILES string of the molecule is C.CN1CCc2c(n(CC(C)(O)c3cccnc3)c3ccccc23)CC1. The monoisotopic (exact) mass is 351 g/mol. The van der Waals surface area contributed by atoms with E-state index in [1.54, 1.807) is 12.4 Å². The molecule has 1 atom stereocenters. The number of aromatic nitrogens is 2. The second kappa shape index (κ2) is 7.22. The van der Waals surface area contributed by atoms with Crippen LogP contribution in [0.2, 0.25) is 0 Å². The van der Waals surface area contributed by atoms with E-state index in [9.17, 15) is 5.11 Å². The average molecular weight is 351 g/mol. The van der Waals surface area contributed by atoms with Gasteiger partial charge in [-0.05, 0) is 38.1 Å². The molecule has 0 spiro atoms. The Labute approximate surface area is 156 Å². The van der Waals surface area contributed by atoms with Crippen LogP contribution in [-0.2, 0) is 25.0 Å². The molecule has 4 heteroatoms. The van der Waals surface area contributed by atoms with Gasteiger partial charge in [0.15, 0.2) is 0 Å². The molecule has 3 aromatic rings. The third-order valence-electron chi connectivity index (χ3n) is 5.42. The molecular formula is C22H29N3O. The molecule has 1 aromatic carbocycles. The van der Waals surface area contributed by atoms with E-state index in [0.717, 1.165) is 31.5 Å². The number of aliphatic hydroxyl groups is 1. The number of hydrogen-bond donors (Lipinski definition) is 1. The molecule has 1 aliphatic heterocycles. The van der Waals surface area contributed by atoms with E-state index in [1.165, 1.54) is 22.2 Å². The Hall–Kier alpha value is -2.17. The molecule has 0 amide bonds. The van der Waals surface area contributed by atoms with Gasteiger partial charge in [-0.3, -0.25) is 4.98 Å². The second-order valence-electron chi connectivity index (χ2n) is 7.35. The van der Waals surface area contributed by atoms with Gasteiger partial charge >= 0.3 is 0 Å². The van der Waals surface area contributed by atoms with E-state index in [4.69, 9.17) is 0 Å². The number of fused-ring (bicyclic) bond motifs is 3. The summed E-state index contributed by atoms with van der Waals surface area (Å²) in [4.78, 5) is 6.57. The van der Waals surface area contributed by atoms with E-state index in [2.05, 4.69) is 45.8 Å². The zero-order chi connectivity index (χ0) is 17.4. The lowest BCUT2D eigenvalue weighted by Crippen LogP contribution is -2.29. The molecule has 26 heavy (non-hydrogen) atoms. The van der Waals surface area contributed by atoms with Crippen LogP contribution in [0.25, 0.3) is 10.9 Å². The highest BCUT2D eigenvalue weighted by atomic mass is 16.3. The quantitative estimate of drug-likeness (QED) is 0.784. The van der Waals surface area contributed by atoms with Gasteiger partial charge in [0.05, 0.1) is 6.54 Å². The lowest BCUT2D eigenvalue weighted by Gasteiger charge is -2.26. The summed E-state index contributed by atoms with van der Waals surface area (Å²) >= 11 is 0. The summed E-state index contributed by atoms with van der Waals surface area (Å²) in [5.41, 5.74) is 3.94. The number of para-hydroxylation sites is 1. The third-order valence-corrected chi connectivity index (χ3v) is 5.42. The minimum absolute atomic E-state index is 0. The van der Waals surface area contributed by atoms with Crippen LogP contribution < -0.4 is 0 Å². The third kappa shape index (κ3) is 3.27. The highest BCUT2D eigenvalue weighted by Gasteiger charge is 2.28. The van der Waals surface area contributed by atoms with E-state index >= 15 is 0 Å². The summed E-state index contributed by atoms with van der Waals surface area (Å²) in [5, 5.41) is 12.5. The summed E-state index contributed by atoms with van der Waals surface area (Å²) in [6.07, 6.45) is 5.59. The van der Waals surface area contributed by atoms with Crippen LogP contribution in [0.15, 0.2) is 48.8 Å². The van der Waals surface area contributed by atoms with Gasteiger partial charge in [0.1, 0.15) is 5.60 Å². The number of hydrogen-bond acceptors (Lipinski definition) is 3. The van der Waals surface area contributed by atoms with Gasteiger partial charge in [0, 0.05) is 54.1 Å². The Bertz CT molecular complexity index is 883.